The molecule has 9 aromatic carbocycles. The third-order valence-electron chi connectivity index (χ3n) is 10.9. The first-order valence-electron chi connectivity index (χ1n) is 20.9. The lowest BCUT2D eigenvalue weighted by atomic mass is 9.80. The SMILES string of the molecule is [2H]c1c([2H])c([2H])c2c(-c3ccc4c(ccc5ccccc54)c3)c3c([2H])c([2H])c([2H])c([2H])c3c(-c3ccc4c(c3)C(C)(C)c3c-4ccc4c3sc3ccccc34)c2c1[2H]. The topological polar surface area (TPSA) is 0 Å². The minimum atomic E-state index is -0.458. The summed E-state index contributed by atoms with van der Waals surface area (Å²) in [7, 11) is 0. The third-order valence-corrected chi connectivity index (χ3v) is 12.1. The fraction of sp³-hybridized carbons (Fsp3) is 0.0612. The maximum Gasteiger partial charge on any atom is 0.0629 e. The molecule has 0 N–H and O–H groups in total. The number of thiophene rings is 1. The Kier molecular flexibility index (Phi) is 4.33. The third kappa shape index (κ3) is 3.76. The first kappa shape index (κ1) is 21.4. The minimum absolute atomic E-state index is 0.216. The van der Waals surface area contributed by atoms with E-state index in [1.165, 1.54) is 25.7 Å². The summed E-state index contributed by atoms with van der Waals surface area (Å²) < 4.78 is 76.0. The zero-order valence-electron chi connectivity index (χ0n) is 35.3. The van der Waals surface area contributed by atoms with Crippen LogP contribution >= 0.6 is 11.3 Å². The van der Waals surface area contributed by atoms with Gasteiger partial charge in [-0.1, -0.05) is 153 Å². The van der Waals surface area contributed by atoms with Gasteiger partial charge >= 0.3 is 0 Å². The van der Waals surface area contributed by atoms with Gasteiger partial charge < -0.3 is 0 Å². The molecule has 1 heterocycles. The molecule has 0 unspecified atom stereocenters. The van der Waals surface area contributed by atoms with Crippen molar-refractivity contribution in [2.24, 2.45) is 0 Å². The molecule has 1 aliphatic carbocycles. The normalized spacial score (nSPS) is 15.8. The summed E-state index contributed by atoms with van der Waals surface area (Å²) in [6.45, 7) is 4.43. The van der Waals surface area contributed by atoms with E-state index < -0.39 is 29.6 Å². The molecule has 0 saturated carbocycles. The van der Waals surface area contributed by atoms with Crippen molar-refractivity contribution >= 4 is 74.6 Å². The van der Waals surface area contributed by atoms with Gasteiger partial charge in [-0.25, -0.2) is 0 Å². The Morgan fingerprint density at radius 1 is 0.480 bits per heavy atom. The van der Waals surface area contributed by atoms with Crippen LogP contribution in [0.2, 0.25) is 0 Å². The Balaban J connectivity index is 1.26. The molecule has 0 aliphatic heterocycles. The molecule has 0 saturated heterocycles. The zero-order chi connectivity index (χ0) is 40.1. The largest absolute Gasteiger partial charge is 0.135 e. The van der Waals surface area contributed by atoms with Gasteiger partial charge in [-0.2, -0.15) is 0 Å². The van der Waals surface area contributed by atoms with Gasteiger partial charge in [-0.3, -0.25) is 0 Å². The Bertz CT molecular complexity index is 3450. The highest BCUT2D eigenvalue weighted by Gasteiger charge is 2.38. The van der Waals surface area contributed by atoms with Gasteiger partial charge in [0.2, 0.25) is 0 Å². The highest BCUT2D eigenvalue weighted by atomic mass is 32.1. The van der Waals surface area contributed by atoms with Gasteiger partial charge in [-0.05, 0) is 106 Å². The second-order valence-electron chi connectivity index (χ2n) is 13.8. The van der Waals surface area contributed by atoms with E-state index in [9.17, 15) is 5.48 Å². The molecule has 234 valence electrons. The fourth-order valence-corrected chi connectivity index (χ4v) is 10.0. The van der Waals surface area contributed by atoms with Crippen molar-refractivity contribution in [1.29, 1.82) is 0 Å². The van der Waals surface area contributed by atoms with Crippen LogP contribution in [-0.4, -0.2) is 0 Å². The van der Waals surface area contributed by atoms with Crippen LogP contribution in [0.3, 0.4) is 0 Å². The molecule has 0 spiro atoms. The number of hydrogen-bond acceptors (Lipinski definition) is 1. The molecule has 11 rings (SSSR count). The molecule has 0 bridgehead atoms. The lowest BCUT2D eigenvalue weighted by molar-refractivity contribution is 0.667. The summed E-state index contributed by atoms with van der Waals surface area (Å²) in [6, 6.07) is 34.3. The van der Waals surface area contributed by atoms with Crippen LogP contribution in [0, 0.1) is 0 Å². The number of rotatable bonds is 2. The van der Waals surface area contributed by atoms with Gasteiger partial charge in [0.05, 0.1) is 11.0 Å². The molecule has 50 heavy (non-hydrogen) atoms. The van der Waals surface area contributed by atoms with Gasteiger partial charge in [0, 0.05) is 25.6 Å². The van der Waals surface area contributed by atoms with E-state index in [4.69, 9.17) is 5.48 Å². The highest BCUT2D eigenvalue weighted by Crippen LogP contribution is 2.55. The van der Waals surface area contributed by atoms with Crippen molar-refractivity contribution in [2.75, 3.05) is 0 Å². The molecule has 10 aromatic rings. The quantitative estimate of drug-likeness (QED) is 0.128. The zero-order valence-corrected chi connectivity index (χ0v) is 28.1. The van der Waals surface area contributed by atoms with Gasteiger partial charge in [-0.15, -0.1) is 11.3 Å². The Hall–Kier alpha value is -5.76. The number of benzene rings is 9. The van der Waals surface area contributed by atoms with Crippen LogP contribution < -0.4 is 0 Å². The summed E-state index contributed by atoms with van der Waals surface area (Å²) in [5.74, 6) is 0. The van der Waals surface area contributed by atoms with Gasteiger partial charge in [0.15, 0.2) is 0 Å². The monoisotopic (exact) mass is 660 g/mol. The molecule has 0 amide bonds. The molecular formula is C49H32S. The van der Waals surface area contributed by atoms with E-state index in [1.54, 1.807) is 11.3 Å². The van der Waals surface area contributed by atoms with Crippen molar-refractivity contribution in [2.45, 2.75) is 19.3 Å². The predicted octanol–water partition coefficient (Wildman–Crippen LogP) is 14.3. The first-order chi connectivity index (χ1) is 27.9. The lowest BCUT2D eigenvalue weighted by Gasteiger charge is -2.23. The van der Waals surface area contributed by atoms with Crippen molar-refractivity contribution in [3.63, 3.8) is 0 Å². The van der Waals surface area contributed by atoms with Crippen LogP contribution in [0.1, 0.15) is 35.9 Å². The average molecular weight is 661 g/mol. The average Bonchev–Trinajstić information content (AvgIpc) is 3.73. The molecule has 1 aliphatic rings. The van der Waals surface area contributed by atoms with E-state index in [1.807, 2.05) is 48.5 Å². The molecule has 1 aromatic heterocycles. The fourth-order valence-electron chi connectivity index (χ4n) is 8.59. The van der Waals surface area contributed by atoms with E-state index in [0.717, 1.165) is 38.2 Å². The van der Waals surface area contributed by atoms with E-state index in [-0.39, 0.29) is 45.7 Å². The Morgan fingerprint density at radius 2 is 1.04 bits per heavy atom. The summed E-state index contributed by atoms with van der Waals surface area (Å²) >= 11 is 1.79. The molecule has 0 radical (unpaired) electrons. The first-order valence-corrected chi connectivity index (χ1v) is 17.7. The van der Waals surface area contributed by atoms with E-state index in [2.05, 4.69) is 74.5 Å². The maximum absolute atomic E-state index is 9.49. The molecule has 0 fully saturated rings. The second-order valence-corrected chi connectivity index (χ2v) is 14.9. The Labute approximate surface area is 306 Å². The number of fused-ring (bicyclic) bond motifs is 12. The Morgan fingerprint density at radius 3 is 1.78 bits per heavy atom. The van der Waals surface area contributed by atoms with Crippen LogP contribution in [0.25, 0.3) is 96.6 Å². The van der Waals surface area contributed by atoms with Gasteiger partial charge in [0.25, 0.3) is 0 Å². The number of hydrogen-bond donors (Lipinski definition) is 0. The van der Waals surface area contributed by atoms with Crippen molar-refractivity contribution in [3.05, 3.63) is 169 Å². The second kappa shape index (κ2) is 10.1. The molecule has 1 heteroatoms. The lowest BCUT2D eigenvalue weighted by Crippen LogP contribution is -2.15. The minimum Gasteiger partial charge on any atom is -0.135 e. The van der Waals surface area contributed by atoms with Crippen molar-refractivity contribution < 1.29 is 11.0 Å². The maximum atomic E-state index is 9.49. The van der Waals surface area contributed by atoms with Crippen molar-refractivity contribution in [3.8, 4) is 33.4 Å². The van der Waals surface area contributed by atoms with Crippen LogP contribution in [0.5, 0.6) is 0 Å². The van der Waals surface area contributed by atoms with Crippen LogP contribution in [0.4, 0.5) is 0 Å². The standard InChI is InChI=1S/C49H32S/c1-49(2)43-28-32(22-24-35(43)41-25-26-42-36-13-9-10-18-44(36)50-48(42)47(41)49)46-39-16-7-5-14-37(39)45(38-15-6-8-17-40(38)46)31-21-23-34-30(27-31)20-19-29-11-3-4-12-33(29)34/h3-28H,1-2H3/i5D,6D,7D,8D,14D,15D,16D,17D. The summed E-state index contributed by atoms with van der Waals surface area (Å²) in [5.41, 5.74) is 5.95. The molecule has 0 atom stereocenters. The molecular weight excluding hydrogens is 621 g/mol. The van der Waals surface area contributed by atoms with E-state index >= 15 is 0 Å². The highest BCUT2D eigenvalue weighted by molar-refractivity contribution is 7.26. The summed E-state index contributed by atoms with van der Waals surface area (Å²) in [5, 5.41) is 7.36. The summed E-state index contributed by atoms with van der Waals surface area (Å²) in [6.07, 6.45) is 0. The van der Waals surface area contributed by atoms with Crippen LogP contribution in [0.15, 0.2) is 158 Å². The van der Waals surface area contributed by atoms with E-state index in [0.29, 0.717) is 22.3 Å². The summed E-state index contributed by atoms with van der Waals surface area (Å²) in [4.78, 5) is 0. The predicted molar refractivity (Wildman–Crippen MR) is 218 cm³/mol. The smallest absolute Gasteiger partial charge is 0.0629 e. The van der Waals surface area contributed by atoms with Crippen LogP contribution in [-0.2, 0) is 5.41 Å². The molecule has 0 nitrogen and oxygen atoms in total. The van der Waals surface area contributed by atoms with Gasteiger partial charge in [0.1, 0.15) is 0 Å². The van der Waals surface area contributed by atoms with Crippen molar-refractivity contribution in [1.82, 2.24) is 0 Å².